The summed E-state index contributed by atoms with van der Waals surface area (Å²) in [6.07, 6.45) is -1.30. The molecule has 1 saturated heterocycles. The van der Waals surface area contributed by atoms with Crippen LogP contribution in [-0.2, 0) is 9.53 Å². The van der Waals surface area contributed by atoms with Gasteiger partial charge in [0.05, 0.1) is 12.6 Å². The number of benzene rings is 1. The van der Waals surface area contributed by atoms with Crippen LogP contribution in [0.2, 0.25) is 0 Å². The van der Waals surface area contributed by atoms with Crippen molar-refractivity contribution < 1.29 is 19.4 Å². The highest BCUT2D eigenvalue weighted by atomic mass is 32.1. The molecule has 3 rings (SSSR count). The number of carbonyl (C=O) groups is 2. The van der Waals surface area contributed by atoms with Gasteiger partial charge in [-0.3, -0.25) is 4.79 Å². The molecule has 24 heavy (non-hydrogen) atoms. The van der Waals surface area contributed by atoms with E-state index < -0.39 is 12.1 Å². The van der Waals surface area contributed by atoms with E-state index in [1.165, 1.54) is 11.3 Å². The first-order valence-corrected chi connectivity index (χ1v) is 8.52. The molecule has 2 aromatic rings. The summed E-state index contributed by atoms with van der Waals surface area (Å²) in [4.78, 5) is 29.9. The summed E-state index contributed by atoms with van der Waals surface area (Å²) in [6, 6.07) is 7.27. The van der Waals surface area contributed by atoms with Crippen LogP contribution >= 0.6 is 11.3 Å². The molecule has 2 atom stereocenters. The first-order valence-electron chi connectivity index (χ1n) is 7.64. The standard InChI is InChI=1S/C17H18N2O4S/c1-10-9-24-15(18-10)12-4-3-5-13(6-12)16(20)19-7-11(2)23-14(8-19)17(21)22/h3-6,9,11,14H,7-8H2,1-2H3,(H,21,22)/t11-,14?/m1/s1. The van der Waals surface area contributed by atoms with E-state index in [0.717, 1.165) is 16.3 Å². The number of thiazole rings is 1. The highest BCUT2D eigenvalue weighted by molar-refractivity contribution is 7.13. The molecule has 126 valence electrons. The second kappa shape index (κ2) is 6.70. The Balaban J connectivity index is 1.83. The summed E-state index contributed by atoms with van der Waals surface area (Å²) in [7, 11) is 0. The van der Waals surface area contributed by atoms with E-state index in [2.05, 4.69) is 4.98 Å². The molecule has 0 aliphatic carbocycles. The highest BCUT2D eigenvalue weighted by Crippen LogP contribution is 2.25. The Bertz CT molecular complexity index is 773. The number of aryl methyl sites for hydroxylation is 1. The van der Waals surface area contributed by atoms with Gasteiger partial charge in [0.2, 0.25) is 0 Å². The third kappa shape index (κ3) is 3.47. The molecule has 1 aliphatic heterocycles. The normalized spacial score (nSPS) is 20.8. The summed E-state index contributed by atoms with van der Waals surface area (Å²) in [5, 5.41) is 12.0. The number of carbonyl (C=O) groups excluding carboxylic acids is 1. The van der Waals surface area contributed by atoms with Crippen molar-refractivity contribution in [3.8, 4) is 10.6 Å². The smallest absolute Gasteiger partial charge is 0.334 e. The number of morpholine rings is 1. The van der Waals surface area contributed by atoms with Gasteiger partial charge in [0.25, 0.3) is 5.91 Å². The van der Waals surface area contributed by atoms with Crippen molar-refractivity contribution in [1.29, 1.82) is 0 Å². The minimum atomic E-state index is -1.05. The SMILES string of the molecule is Cc1csc(-c2cccc(C(=O)N3CC(C(=O)O)O[C@H](C)C3)c2)n1. The van der Waals surface area contributed by atoms with Gasteiger partial charge in [0, 0.05) is 28.7 Å². The number of ether oxygens (including phenoxy) is 1. The van der Waals surface area contributed by atoms with Gasteiger partial charge in [-0.15, -0.1) is 11.3 Å². The van der Waals surface area contributed by atoms with Gasteiger partial charge in [-0.25, -0.2) is 9.78 Å². The van der Waals surface area contributed by atoms with E-state index in [1.54, 1.807) is 24.0 Å². The van der Waals surface area contributed by atoms with Crippen LogP contribution in [-0.4, -0.2) is 52.2 Å². The van der Waals surface area contributed by atoms with Crippen molar-refractivity contribution in [1.82, 2.24) is 9.88 Å². The van der Waals surface area contributed by atoms with Gasteiger partial charge in [-0.1, -0.05) is 12.1 Å². The summed E-state index contributed by atoms with van der Waals surface area (Å²) in [5.74, 6) is -1.24. The predicted molar refractivity (Wildman–Crippen MR) is 90.2 cm³/mol. The molecule has 1 unspecified atom stereocenters. The second-order valence-electron chi connectivity index (χ2n) is 5.86. The number of aliphatic carboxylic acids is 1. The number of hydrogen-bond acceptors (Lipinski definition) is 5. The average Bonchev–Trinajstić information content (AvgIpc) is 3.00. The summed E-state index contributed by atoms with van der Waals surface area (Å²) in [5.41, 5.74) is 2.35. The van der Waals surface area contributed by atoms with Crippen LogP contribution in [0.25, 0.3) is 10.6 Å². The minimum absolute atomic E-state index is 0.0547. The fourth-order valence-electron chi connectivity index (χ4n) is 2.71. The fourth-order valence-corrected chi connectivity index (χ4v) is 3.50. The van der Waals surface area contributed by atoms with Crippen LogP contribution in [0.4, 0.5) is 0 Å². The Hall–Kier alpha value is -2.25. The first kappa shape index (κ1) is 16.6. The zero-order chi connectivity index (χ0) is 17.3. The Labute approximate surface area is 143 Å². The Morgan fingerprint density at radius 3 is 2.83 bits per heavy atom. The number of carboxylic acids is 1. The zero-order valence-electron chi connectivity index (χ0n) is 13.4. The summed E-state index contributed by atoms with van der Waals surface area (Å²) >= 11 is 1.53. The number of hydrogen-bond donors (Lipinski definition) is 1. The van der Waals surface area contributed by atoms with Gasteiger partial charge in [-0.2, -0.15) is 0 Å². The molecule has 1 aliphatic rings. The van der Waals surface area contributed by atoms with E-state index in [-0.39, 0.29) is 18.6 Å². The van der Waals surface area contributed by atoms with E-state index in [0.29, 0.717) is 12.1 Å². The predicted octanol–water partition coefficient (Wildman–Crippen LogP) is 2.43. The molecule has 1 aromatic carbocycles. The second-order valence-corrected chi connectivity index (χ2v) is 6.72. The summed E-state index contributed by atoms with van der Waals surface area (Å²) in [6.45, 7) is 4.13. The van der Waals surface area contributed by atoms with Crippen LogP contribution in [0.3, 0.4) is 0 Å². The zero-order valence-corrected chi connectivity index (χ0v) is 14.2. The topological polar surface area (TPSA) is 79.7 Å². The molecule has 2 heterocycles. The van der Waals surface area contributed by atoms with Crippen LogP contribution in [0.1, 0.15) is 23.0 Å². The maximum atomic E-state index is 12.8. The van der Waals surface area contributed by atoms with Gasteiger partial charge in [0.15, 0.2) is 6.10 Å². The first-order chi connectivity index (χ1) is 11.4. The Kier molecular flexibility index (Phi) is 4.64. The lowest BCUT2D eigenvalue weighted by Gasteiger charge is -2.35. The molecule has 0 radical (unpaired) electrons. The number of carboxylic acid groups (broad SMARTS) is 1. The third-order valence-corrected chi connectivity index (χ3v) is 4.81. The van der Waals surface area contributed by atoms with Crippen LogP contribution in [0.15, 0.2) is 29.6 Å². The Morgan fingerprint density at radius 2 is 2.17 bits per heavy atom. The van der Waals surface area contributed by atoms with Gasteiger partial charge in [-0.05, 0) is 26.0 Å². The fraction of sp³-hybridized carbons (Fsp3) is 0.353. The minimum Gasteiger partial charge on any atom is -0.479 e. The third-order valence-electron chi connectivity index (χ3n) is 3.80. The monoisotopic (exact) mass is 346 g/mol. The average molecular weight is 346 g/mol. The molecule has 1 amide bonds. The van der Waals surface area contributed by atoms with Crippen LogP contribution in [0.5, 0.6) is 0 Å². The van der Waals surface area contributed by atoms with E-state index >= 15 is 0 Å². The molecule has 7 heteroatoms. The maximum absolute atomic E-state index is 12.8. The van der Waals surface area contributed by atoms with Gasteiger partial charge < -0.3 is 14.7 Å². The van der Waals surface area contributed by atoms with E-state index in [4.69, 9.17) is 9.84 Å². The molecule has 1 aromatic heterocycles. The van der Waals surface area contributed by atoms with Crippen molar-refractivity contribution in [3.05, 3.63) is 40.9 Å². The molecule has 0 spiro atoms. The van der Waals surface area contributed by atoms with Gasteiger partial charge in [0.1, 0.15) is 5.01 Å². The van der Waals surface area contributed by atoms with Crippen molar-refractivity contribution in [2.75, 3.05) is 13.1 Å². The van der Waals surface area contributed by atoms with Crippen LogP contribution in [0, 0.1) is 6.92 Å². The van der Waals surface area contributed by atoms with Crippen LogP contribution < -0.4 is 0 Å². The lowest BCUT2D eigenvalue weighted by Crippen LogP contribution is -2.51. The van der Waals surface area contributed by atoms with Gasteiger partial charge >= 0.3 is 5.97 Å². The van der Waals surface area contributed by atoms with Crippen molar-refractivity contribution >= 4 is 23.2 Å². The molecule has 0 bridgehead atoms. The Morgan fingerprint density at radius 1 is 1.38 bits per heavy atom. The van der Waals surface area contributed by atoms with E-state index in [9.17, 15) is 9.59 Å². The molecular formula is C17H18N2O4S. The highest BCUT2D eigenvalue weighted by Gasteiger charge is 2.33. The molecule has 0 saturated carbocycles. The molecule has 1 fully saturated rings. The number of amides is 1. The van der Waals surface area contributed by atoms with Crippen molar-refractivity contribution in [2.24, 2.45) is 0 Å². The number of aromatic nitrogens is 1. The van der Waals surface area contributed by atoms with Crippen molar-refractivity contribution in [3.63, 3.8) is 0 Å². The maximum Gasteiger partial charge on any atom is 0.334 e. The van der Waals surface area contributed by atoms with Crippen molar-refractivity contribution in [2.45, 2.75) is 26.1 Å². The number of rotatable bonds is 3. The lowest BCUT2D eigenvalue weighted by atomic mass is 10.1. The molecule has 1 N–H and O–H groups in total. The molecule has 6 nitrogen and oxygen atoms in total. The quantitative estimate of drug-likeness (QED) is 0.923. The molecular weight excluding hydrogens is 328 g/mol. The summed E-state index contributed by atoms with van der Waals surface area (Å²) < 4.78 is 5.36. The van der Waals surface area contributed by atoms with E-state index in [1.807, 2.05) is 24.4 Å². The largest absolute Gasteiger partial charge is 0.479 e. The lowest BCUT2D eigenvalue weighted by molar-refractivity contribution is -0.160. The number of nitrogens with zero attached hydrogens (tertiary/aromatic N) is 2.